The van der Waals surface area contributed by atoms with Gasteiger partial charge >= 0.3 is 6.16 Å². The van der Waals surface area contributed by atoms with Gasteiger partial charge in [-0.25, -0.2) is 4.79 Å². The van der Waals surface area contributed by atoms with E-state index in [4.69, 9.17) is 5.11 Å². The molecule has 0 amide bonds. The summed E-state index contributed by atoms with van der Waals surface area (Å²) in [7, 11) is 0. The largest absolute Gasteiger partial charge is 0.506 e. The van der Waals surface area contributed by atoms with Crippen LogP contribution in [0.3, 0.4) is 0 Å². The van der Waals surface area contributed by atoms with E-state index >= 15 is 0 Å². The van der Waals surface area contributed by atoms with Gasteiger partial charge in [0.2, 0.25) is 0 Å². The van der Waals surface area contributed by atoms with Gasteiger partial charge in [0.1, 0.15) is 6.61 Å². The van der Waals surface area contributed by atoms with Crippen LogP contribution in [0.25, 0.3) is 0 Å². The number of hydrogen-bond donors (Lipinski definition) is 1. The highest BCUT2D eigenvalue weighted by Crippen LogP contribution is 2.08. The van der Waals surface area contributed by atoms with Gasteiger partial charge in [0, 0.05) is 0 Å². The van der Waals surface area contributed by atoms with E-state index in [-0.39, 0.29) is 6.61 Å². The van der Waals surface area contributed by atoms with Crippen LogP contribution in [-0.2, 0) is 4.74 Å². The topological polar surface area (TPSA) is 46.5 Å². The number of hydrogen-bond acceptors (Lipinski definition) is 2. The van der Waals surface area contributed by atoms with Crippen LogP contribution >= 0.6 is 0 Å². The molecule has 0 atom stereocenters. The number of unbranched alkanes of at least 4 members (excludes halogenated alkanes) is 7. The molecular formula is C13H24O3. The first-order valence-electron chi connectivity index (χ1n) is 6.28. The summed E-state index contributed by atoms with van der Waals surface area (Å²) < 4.78 is 4.34. The SMILES string of the molecule is CCCCCCCCC/C=C/COC(=O)O. The van der Waals surface area contributed by atoms with Crippen LogP contribution in [0.15, 0.2) is 12.2 Å². The Morgan fingerprint density at radius 3 is 2.31 bits per heavy atom. The monoisotopic (exact) mass is 228 g/mol. The van der Waals surface area contributed by atoms with Crippen LogP contribution in [0.4, 0.5) is 4.79 Å². The first-order chi connectivity index (χ1) is 7.77. The van der Waals surface area contributed by atoms with Gasteiger partial charge in [0.15, 0.2) is 0 Å². The molecule has 0 rings (SSSR count). The molecule has 0 radical (unpaired) electrons. The number of carboxylic acid groups (broad SMARTS) is 1. The summed E-state index contributed by atoms with van der Waals surface area (Å²) in [6.07, 6.45) is 12.7. The van der Waals surface area contributed by atoms with Gasteiger partial charge in [-0.3, -0.25) is 0 Å². The normalized spacial score (nSPS) is 10.8. The van der Waals surface area contributed by atoms with E-state index in [0.717, 1.165) is 6.42 Å². The second-order valence-corrected chi connectivity index (χ2v) is 3.96. The number of rotatable bonds is 10. The molecule has 0 aliphatic heterocycles. The van der Waals surface area contributed by atoms with Gasteiger partial charge in [0.05, 0.1) is 0 Å². The quantitative estimate of drug-likeness (QED) is 0.343. The number of allylic oxidation sites excluding steroid dienone is 1. The lowest BCUT2D eigenvalue weighted by molar-refractivity contribution is 0.102. The van der Waals surface area contributed by atoms with Crippen LogP contribution in [0.2, 0.25) is 0 Å². The zero-order valence-electron chi connectivity index (χ0n) is 10.3. The van der Waals surface area contributed by atoms with Crippen molar-refractivity contribution >= 4 is 6.16 Å². The van der Waals surface area contributed by atoms with Crippen molar-refractivity contribution in [2.24, 2.45) is 0 Å². The van der Waals surface area contributed by atoms with Crippen LogP contribution in [0.1, 0.15) is 58.3 Å². The number of ether oxygens (including phenoxy) is 1. The summed E-state index contributed by atoms with van der Waals surface area (Å²) in [5.41, 5.74) is 0. The summed E-state index contributed by atoms with van der Waals surface area (Å²) in [5.74, 6) is 0. The predicted molar refractivity (Wildman–Crippen MR) is 65.7 cm³/mol. The Labute approximate surface area is 98.5 Å². The lowest BCUT2D eigenvalue weighted by atomic mass is 10.1. The third kappa shape index (κ3) is 13.0. The summed E-state index contributed by atoms with van der Waals surface area (Å²) in [6.45, 7) is 2.40. The lowest BCUT2D eigenvalue weighted by Crippen LogP contribution is -1.98. The van der Waals surface area contributed by atoms with Crippen LogP contribution in [-0.4, -0.2) is 17.9 Å². The second-order valence-electron chi connectivity index (χ2n) is 3.96. The molecule has 0 fully saturated rings. The number of carbonyl (C=O) groups is 1. The second kappa shape index (κ2) is 12.1. The molecule has 0 unspecified atom stereocenters. The molecule has 0 spiro atoms. The van der Waals surface area contributed by atoms with E-state index in [1.54, 1.807) is 6.08 Å². The van der Waals surface area contributed by atoms with Gasteiger partial charge in [-0.2, -0.15) is 0 Å². The van der Waals surface area contributed by atoms with E-state index < -0.39 is 6.16 Å². The van der Waals surface area contributed by atoms with Gasteiger partial charge in [-0.15, -0.1) is 0 Å². The Morgan fingerprint density at radius 2 is 1.69 bits per heavy atom. The van der Waals surface area contributed by atoms with Crippen molar-refractivity contribution in [2.45, 2.75) is 58.3 Å². The van der Waals surface area contributed by atoms with Gasteiger partial charge in [0.25, 0.3) is 0 Å². The highest BCUT2D eigenvalue weighted by molar-refractivity contribution is 5.56. The molecule has 0 aromatic heterocycles. The summed E-state index contributed by atoms with van der Waals surface area (Å²) >= 11 is 0. The maximum atomic E-state index is 10.0. The minimum Gasteiger partial charge on any atom is -0.450 e. The molecular weight excluding hydrogens is 204 g/mol. The summed E-state index contributed by atoms with van der Waals surface area (Å²) in [4.78, 5) is 10.0. The van der Waals surface area contributed by atoms with Crippen molar-refractivity contribution in [1.29, 1.82) is 0 Å². The zero-order valence-corrected chi connectivity index (χ0v) is 10.3. The average molecular weight is 228 g/mol. The molecule has 0 saturated carbocycles. The van der Waals surface area contributed by atoms with Crippen molar-refractivity contribution in [3.8, 4) is 0 Å². The van der Waals surface area contributed by atoms with Crippen molar-refractivity contribution in [3.05, 3.63) is 12.2 Å². The maximum absolute atomic E-state index is 10.0. The Balaban J connectivity index is 3.05. The molecule has 0 aromatic carbocycles. The lowest BCUT2D eigenvalue weighted by Gasteiger charge is -1.98. The third-order valence-corrected chi connectivity index (χ3v) is 2.44. The predicted octanol–water partition coefficient (Wildman–Crippen LogP) is 4.38. The fourth-order valence-corrected chi connectivity index (χ4v) is 1.52. The van der Waals surface area contributed by atoms with Gasteiger partial charge < -0.3 is 9.84 Å². The molecule has 0 aliphatic rings. The molecule has 1 N–H and O–H groups in total. The first-order valence-corrected chi connectivity index (χ1v) is 6.28. The van der Waals surface area contributed by atoms with Gasteiger partial charge in [-0.05, 0) is 12.8 Å². The standard InChI is InChI=1S/C13H24O3/c1-2-3-4-5-6-7-8-9-10-11-12-16-13(14)15/h10-11H,2-9,12H2,1H3,(H,14,15)/b11-10+. The van der Waals surface area contributed by atoms with Crippen molar-refractivity contribution < 1.29 is 14.6 Å². The van der Waals surface area contributed by atoms with Crippen molar-refractivity contribution in [1.82, 2.24) is 0 Å². The summed E-state index contributed by atoms with van der Waals surface area (Å²) in [6, 6.07) is 0. The minimum absolute atomic E-state index is 0.172. The first kappa shape index (κ1) is 15.0. The highest BCUT2D eigenvalue weighted by atomic mass is 16.7. The third-order valence-electron chi connectivity index (χ3n) is 2.44. The molecule has 0 saturated heterocycles. The van der Waals surface area contributed by atoms with E-state index in [0.29, 0.717) is 0 Å². The van der Waals surface area contributed by atoms with E-state index in [2.05, 4.69) is 11.7 Å². The molecule has 3 nitrogen and oxygen atoms in total. The zero-order chi connectivity index (χ0) is 12.1. The average Bonchev–Trinajstić information content (AvgIpc) is 2.25. The van der Waals surface area contributed by atoms with E-state index in [1.807, 2.05) is 6.08 Å². The molecule has 16 heavy (non-hydrogen) atoms. The smallest absolute Gasteiger partial charge is 0.450 e. The molecule has 3 heteroatoms. The Morgan fingerprint density at radius 1 is 1.06 bits per heavy atom. The molecule has 94 valence electrons. The Hall–Kier alpha value is -0.990. The fraction of sp³-hybridized carbons (Fsp3) is 0.769. The highest BCUT2D eigenvalue weighted by Gasteiger charge is 1.91. The Bertz CT molecular complexity index is 188. The van der Waals surface area contributed by atoms with Crippen LogP contribution < -0.4 is 0 Å². The van der Waals surface area contributed by atoms with E-state index in [1.165, 1.54) is 44.9 Å². The fourth-order valence-electron chi connectivity index (χ4n) is 1.52. The molecule has 0 heterocycles. The summed E-state index contributed by atoms with van der Waals surface area (Å²) in [5, 5.41) is 8.20. The molecule has 0 aromatic rings. The van der Waals surface area contributed by atoms with Gasteiger partial charge in [-0.1, -0.05) is 57.6 Å². The minimum atomic E-state index is -1.21. The molecule has 0 bridgehead atoms. The van der Waals surface area contributed by atoms with Crippen LogP contribution in [0, 0.1) is 0 Å². The van der Waals surface area contributed by atoms with Crippen LogP contribution in [0.5, 0.6) is 0 Å². The van der Waals surface area contributed by atoms with Crippen molar-refractivity contribution in [2.75, 3.05) is 6.61 Å². The van der Waals surface area contributed by atoms with E-state index in [9.17, 15) is 4.79 Å². The molecule has 0 aliphatic carbocycles. The van der Waals surface area contributed by atoms with Crippen molar-refractivity contribution in [3.63, 3.8) is 0 Å². The maximum Gasteiger partial charge on any atom is 0.506 e. The Kier molecular flexibility index (Phi) is 11.3.